The molecule has 0 aliphatic heterocycles. The Bertz CT molecular complexity index is 752. The molecular formula is C14H12ClN5. The third-order valence-electron chi connectivity index (χ3n) is 2.93. The zero-order valence-corrected chi connectivity index (χ0v) is 11.5. The number of aromatic nitrogens is 4. The second-order valence-electron chi connectivity index (χ2n) is 4.31. The molecule has 3 aromatic rings. The maximum absolute atomic E-state index is 6.45. The summed E-state index contributed by atoms with van der Waals surface area (Å²) in [6, 6.07) is 11.4. The van der Waals surface area contributed by atoms with E-state index in [4.69, 9.17) is 17.3 Å². The summed E-state index contributed by atoms with van der Waals surface area (Å²) < 4.78 is 1.72. The van der Waals surface area contributed by atoms with Crippen LogP contribution in [0.1, 0.15) is 0 Å². The highest BCUT2D eigenvalue weighted by molar-refractivity contribution is 6.35. The van der Waals surface area contributed by atoms with Crippen molar-refractivity contribution in [3.63, 3.8) is 0 Å². The van der Waals surface area contributed by atoms with Crippen LogP contribution < -0.4 is 5.73 Å². The number of hydrogen-bond acceptors (Lipinski definition) is 4. The Morgan fingerprint density at radius 1 is 1.15 bits per heavy atom. The zero-order valence-electron chi connectivity index (χ0n) is 10.8. The van der Waals surface area contributed by atoms with Crippen LogP contribution in [0.3, 0.4) is 0 Å². The first kappa shape index (κ1) is 12.6. The van der Waals surface area contributed by atoms with Gasteiger partial charge >= 0.3 is 0 Å². The molecule has 0 unspecified atom stereocenters. The van der Waals surface area contributed by atoms with Gasteiger partial charge in [-0.05, 0) is 6.07 Å². The molecule has 2 heterocycles. The number of nitrogens with two attached hydrogens (primary N) is 1. The van der Waals surface area contributed by atoms with E-state index in [0.717, 1.165) is 11.3 Å². The largest absolute Gasteiger partial charge is 0.384 e. The van der Waals surface area contributed by atoms with Gasteiger partial charge in [0, 0.05) is 18.8 Å². The molecule has 1 aromatic carbocycles. The van der Waals surface area contributed by atoms with Gasteiger partial charge in [-0.1, -0.05) is 41.9 Å². The fraction of sp³-hybridized carbons (Fsp3) is 0.0714. The molecule has 0 radical (unpaired) electrons. The molecule has 0 fully saturated rings. The van der Waals surface area contributed by atoms with Crippen molar-refractivity contribution in [2.45, 2.75) is 0 Å². The molecule has 0 spiro atoms. The Hall–Kier alpha value is -2.40. The Morgan fingerprint density at radius 2 is 1.90 bits per heavy atom. The fourth-order valence-corrected chi connectivity index (χ4v) is 2.39. The number of nitrogens with zero attached hydrogens (tertiary/aromatic N) is 4. The summed E-state index contributed by atoms with van der Waals surface area (Å²) in [6.45, 7) is 0. The number of aryl methyl sites for hydroxylation is 1. The summed E-state index contributed by atoms with van der Waals surface area (Å²) >= 11 is 6.45. The summed E-state index contributed by atoms with van der Waals surface area (Å²) in [5.41, 5.74) is 8.02. The maximum atomic E-state index is 6.45. The number of anilines is 1. The summed E-state index contributed by atoms with van der Waals surface area (Å²) in [4.78, 5) is 8.33. The Labute approximate surface area is 121 Å². The molecule has 0 aliphatic rings. The van der Waals surface area contributed by atoms with E-state index in [2.05, 4.69) is 15.1 Å². The fourth-order valence-electron chi connectivity index (χ4n) is 2.04. The minimum Gasteiger partial charge on any atom is -0.384 e. The SMILES string of the molecule is Cn1nc(-c2nccc(N)n2)c(Cl)c1-c1ccccc1. The summed E-state index contributed by atoms with van der Waals surface area (Å²) in [5, 5.41) is 4.92. The van der Waals surface area contributed by atoms with Crippen LogP contribution in [-0.4, -0.2) is 19.7 Å². The highest BCUT2D eigenvalue weighted by Crippen LogP contribution is 2.34. The van der Waals surface area contributed by atoms with E-state index in [9.17, 15) is 0 Å². The lowest BCUT2D eigenvalue weighted by Gasteiger charge is -2.01. The number of benzene rings is 1. The minimum absolute atomic E-state index is 0.387. The highest BCUT2D eigenvalue weighted by Gasteiger charge is 2.19. The molecule has 5 nitrogen and oxygen atoms in total. The van der Waals surface area contributed by atoms with E-state index in [1.165, 1.54) is 0 Å². The van der Waals surface area contributed by atoms with Gasteiger partial charge in [0.2, 0.25) is 0 Å². The van der Waals surface area contributed by atoms with E-state index >= 15 is 0 Å². The topological polar surface area (TPSA) is 69.6 Å². The quantitative estimate of drug-likeness (QED) is 0.786. The first-order valence-corrected chi connectivity index (χ1v) is 6.41. The second kappa shape index (κ2) is 4.94. The third-order valence-corrected chi connectivity index (χ3v) is 3.28. The summed E-state index contributed by atoms with van der Waals surface area (Å²) in [7, 11) is 1.84. The molecule has 0 saturated carbocycles. The van der Waals surface area contributed by atoms with Crippen molar-refractivity contribution < 1.29 is 0 Å². The minimum atomic E-state index is 0.387. The first-order chi connectivity index (χ1) is 9.66. The van der Waals surface area contributed by atoms with E-state index in [-0.39, 0.29) is 0 Å². The van der Waals surface area contributed by atoms with Gasteiger partial charge in [0.1, 0.15) is 11.5 Å². The first-order valence-electron chi connectivity index (χ1n) is 6.03. The average molecular weight is 286 g/mol. The van der Waals surface area contributed by atoms with Gasteiger partial charge in [-0.25, -0.2) is 9.97 Å². The number of rotatable bonds is 2. The molecule has 0 bridgehead atoms. The van der Waals surface area contributed by atoms with Crippen molar-refractivity contribution in [1.82, 2.24) is 19.7 Å². The van der Waals surface area contributed by atoms with Crippen LogP contribution in [0.5, 0.6) is 0 Å². The average Bonchev–Trinajstić information content (AvgIpc) is 2.75. The molecule has 3 rings (SSSR count). The highest BCUT2D eigenvalue weighted by atomic mass is 35.5. The number of halogens is 1. The van der Waals surface area contributed by atoms with E-state index in [1.807, 2.05) is 37.4 Å². The van der Waals surface area contributed by atoms with Crippen molar-refractivity contribution >= 4 is 17.4 Å². The summed E-state index contributed by atoms with van der Waals surface area (Å²) in [6.07, 6.45) is 1.59. The monoisotopic (exact) mass is 285 g/mol. The van der Waals surface area contributed by atoms with Crippen LogP contribution in [0.2, 0.25) is 5.02 Å². The van der Waals surface area contributed by atoms with Gasteiger partial charge in [-0.2, -0.15) is 5.10 Å². The number of hydrogen-bond donors (Lipinski definition) is 1. The van der Waals surface area contributed by atoms with Crippen LogP contribution >= 0.6 is 11.6 Å². The van der Waals surface area contributed by atoms with Crippen molar-refractivity contribution in [1.29, 1.82) is 0 Å². The molecule has 0 saturated heterocycles. The van der Waals surface area contributed by atoms with Crippen LogP contribution in [0.25, 0.3) is 22.8 Å². The molecule has 0 amide bonds. The lowest BCUT2D eigenvalue weighted by molar-refractivity contribution is 0.777. The van der Waals surface area contributed by atoms with Gasteiger partial charge in [-0.3, -0.25) is 4.68 Å². The smallest absolute Gasteiger partial charge is 0.183 e. The normalized spacial score (nSPS) is 10.7. The Balaban J connectivity index is 2.17. The molecule has 6 heteroatoms. The molecule has 0 aliphatic carbocycles. The predicted molar refractivity (Wildman–Crippen MR) is 79.1 cm³/mol. The van der Waals surface area contributed by atoms with Gasteiger partial charge < -0.3 is 5.73 Å². The lowest BCUT2D eigenvalue weighted by Crippen LogP contribution is -1.96. The van der Waals surface area contributed by atoms with E-state index in [0.29, 0.717) is 22.4 Å². The summed E-state index contributed by atoms with van der Waals surface area (Å²) in [5.74, 6) is 0.811. The van der Waals surface area contributed by atoms with Gasteiger partial charge in [0.05, 0.1) is 10.7 Å². The van der Waals surface area contributed by atoms with Crippen molar-refractivity contribution in [3.8, 4) is 22.8 Å². The van der Waals surface area contributed by atoms with Gasteiger partial charge in [-0.15, -0.1) is 0 Å². The zero-order chi connectivity index (χ0) is 14.1. The standard InChI is InChI=1S/C14H12ClN5/c1-20-13(9-5-3-2-4-6-9)11(15)12(19-20)14-17-8-7-10(16)18-14/h2-8H,1H3,(H2,16,17,18). The van der Waals surface area contributed by atoms with Crippen LogP contribution in [0.4, 0.5) is 5.82 Å². The van der Waals surface area contributed by atoms with Crippen LogP contribution in [0, 0.1) is 0 Å². The molecule has 2 aromatic heterocycles. The Kier molecular flexibility index (Phi) is 3.12. The van der Waals surface area contributed by atoms with Crippen molar-refractivity contribution in [2.75, 3.05) is 5.73 Å². The molecule has 0 atom stereocenters. The van der Waals surface area contributed by atoms with Gasteiger partial charge in [0.25, 0.3) is 0 Å². The van der Waals surface area contributed by atoms with E-state index < -0.39 is 0 Å². The van der Waals surface area contributed by atoms with Crippen LogP contribution in [-0.2, 0) is 7.05 Å². The lowest BCUT2D eigenvalue weighted by atomic mass is 10.1. The van der Waals surface area contributed by atoms with Gasteiger partial charge in [0.15, 0.2) is 5.82 Å². The number of nitrogen functional groups attached to an aromatic ring is 1. The molecule has 20 heavy (non-hydrogen) atoms. The third kappa shape index (κ3) is 2.12. The predicted octanol–water partition coefficient (Wildman–Crippen LogP) is 2.78. The Morgan fingerprint density at radius 3 is 2.60 bits per heavy atom. The molecule has 2 N–H and O–H groups in total. The second-order valence-corrected chi connectivity index (χ2v) is 4.68. The van der Waals surface area contributed by atoms with Crippen molar-refractivity contribution in [3.05, 3.63) is 47.6 Å². The maximum Gasteiger partial charge on any atom is 0.183 e. The molecular weight excluding hydrogens is 274 g/mol. The van der Waals surface area contributed by atoms with E-state index in [1.54, 1.807) is 16.9 Å². The molecule has 100 valence electrons. The van der Waals surface area contributed by atoms with Crippen LogP contribution in [0.15, 0.2) is 42.6 Å². The van der Waals surface area contributed by atoms with Crippen molar-refractivity contribution in [2.24, 2.45) is 7.05 Å².